The van der Waals surface area contributed by atoms with Gasteiger partial charge in [0.05, 0.1) is 6.61 Å². The Balaban J connectivity index is 1.78. The summed E-state index contributed by atoms with van der Waals surface area (Å²) in [5, 5.41) is 4.24. The first kappa shape index (κ1) is 22.2. The van der Waals surface area contributed by atoms with E-state index in [-0.39, 0.29) is 5.97 Å². The number of hydrogen-bond donors (Lipinski definition) is 1. The number of esters is 1. The maximum atomic E-state index is 12.4. The van der Waals surface area contributed by atoms with Crippen molar-refractivity contribution in [1.29, 1.82) is 0 Å². The minimum atomic E-state index is -0.318. The minimum absolute atomic E-state index is 0.318. The van der Waals surface area contributed by atoms with Gasteiger partial charge in [0.25, 0.3) is 0 Å². The zero-order chi connectivity index (χ0) is 22.8. The Morgan fingerprint density at radius 2 is 1.84 bits per heavy atom. The Bertz CT molecular complexity index is 1240. The van der Waals surface area contributed by atoms with E-state index in [2.05, 4.69) is 34.5 Å². The van der Waals surface area contributed by atoms with Gasteiger partial charge in [0, 0.05) is 42.6 Å². The van der Waals surface area contributed by atoms with Crippen LogP contribution in [0.1, 0.15) is 27.9 Å². The van der Waals surface area contributed by atoms with Crippen molar-refractivity contribution < 1.29 is 9.53 Å². The molecule has 0 amide bonds. The SMILES string of the molecule is CCOC(=O)c1sc2nc(-c3ccc(N(C)C)cc3)c(NCc3ccc(Cl)cc3)n2c1C. The smallest absolute Gasteiger partial charge is 0.350 e. The number of rotatable bonds is 7. The van der Waals surface area contributed by atoms with Gasteiger partial charge >= 0.3 is 5.97 Å². The summed E-state index contributed by atoms with van der Waals surface area (Å²) in [6.45, 7) is 4.66. The molecule has 0 saturated heterocycles. The van der Waals surface area contributed by atoms with Gasteiger partial charge in [0.1, 0.15) is 16.4 Å². The van der Waals surface area contributed by atoms with E-state index in [1.807, 2.05) is 49.7 Å². The van der Waals surface area contributed by atoms with E-state index in [0.29, 0.717) is 23.1 Å². The van der Waals surface area contributed by atoms with Crippen LogP contribution >= 0.6 is 22.9 Å². The predicted octanol–water partition coefficient (Wildman–Crippen LogP) is 5.88. The van der Waals surface area contributed by atoms with Gasteiger partial charge in [0.15, 0.2) is 4.96 Å². The van der Waals surface area contributed by atoms with E-state index in [1.165, 1.54) is 11.3 Å². The average Bonchev–Trinajstić information content (AvgIpc) is 3.30. The average molecular weight is 469 g/mol. The number of nitrogens with one attached hydrogen (secondary N) is 1. The van der Waals surface area contributed by atoms with Crippen molar-refractivity contribution in [2.24, 2.45) is 0 Å². The maximum Gasteiger partial charge on any atom is 0.350 e. The summed E-state index contributed by atoms with van der Waals surface area (Å²) < 4.78 is 7.23. The summed E-state index contributed by atoms with van der Waals surface area (Å²) in [5.41, 5.74) is 4.87. The lowest BCUT2D eigenvalue weighted by atomic mass is 10.1. The fourth-order valence-electron chi connectivity index (χ4n) is 3.50. The lowest BCUT2D eigenvalue weighted by Crippen LogP contribution is -2.08. The molecule has 0 fully saturated rings. The van der Waals surface area contributed by atoms with Crippen LogP contribution in [0.2, 0.25) is 5.02 Å². The zero-order valence-corrected chi connectivity index (χ0v) is 20.0. The van der Waals surface area contributed by atoms with Crippen molar-refractivity contribution in [3.63, 3.8) is 0 Å². The number of benzene rings is 2. The number of hydrogen-bond acceptors (Lipinski definition) is 6. The van der Waals surface area contributed by atoms with Gasteiger partial charge in [-0.05, 0) is 43.7 Å². The molecular weight excluding hydrogens is 444 g/mol. The number of aryl methyl sites for hydroxylation is 1. The number of halogens is 1. The molecule has 0 radical (unpaired) electrons. The van der Waals surface area contributed by atoms with Crippen LogP contribution in [0.4, 0.5) is 11.5 Å². The summed E-state index contributed by atoms with van der Waals surface area (Å²) in [6, 6.07) is 16.0. The van der Waals surface area contributed by atoms with E-state index in [0.717, 1.165) is 39.0 Å². The summed E-state index contributed by atoms with van der Waals surface area (Å²) in [6.07, 6.45) is 0. The molecule has 0 atom stereocenters. The van der Waals surface area contributed by atoms with Crippen LogP contribution in [0.5, 0.6) is 0 Å². The molecule has 8 heteroatoms. The van der Waals surface area contributed by atoms with Crippen LogP contribution in [0.25, 0.3) is 16.2 Å². The first-order valence-electron chi connectivity index (χ1n) is 10.3. The Kier molecular flexibility index (Phi) is 6.39. The molecule has 0 aliphatic carbocycles. The van der Waals surface area contributed by atoms with Crippen molar-refractivity contribution in [1.82, 2.24) is 9.38 Å². The highest BCUT2D eigenvalue weighted by molar-refractivity contribution is 7.19. The van der Waals surface area contributed by atoms with Crippen molar-refractivity contribution >= 4 is 45.4 Å². The van der Waals surface area contributed by atoms with E-state index in [9.17, 15) is 4.79 Å². The van der Waals surface area contributed by atoms with Crippen LogP contribution in [0.15, 0.2) is 48.5 Å². The number of aromatic nitrogens is 2. The molecule has 32 heavy (non-hydrogen) atoms. The molecule has 166 valence electrons. The molecule has 0 aliphatic rings. The Morgan fingerprint density at radius 3 is 2.47 bits per heavy atom. The number of imidazole rings is 1. The molecule has 2 aromatic heterocycles. The third-order valence-corrected chi connectivity index (χ3v) is 6.57. The second kappa shape index (κ2) is 9.22. The second-order valence-corrected chi connectivity index (χ2v) is 9.00. The molecule has 1 N–H and O–H groups in total. The minimum Gasteiger partial charge on any atom is -0.462 e. The number of carbonyl (C=O) groups excluding carboxylic acids is 1. The Hall–Kier alpha value is -3.03. The monoisotopic (exact) mass is 468 g/mol. The summed E-state index contributed by atoms with van der Waals surface area (Å²) >= 11 is 7.37. The van der Waals surface area contributed by atoms with E-state index in [1.54, 1.807) is 6.92 Å². The third-order valence-electron chi connectivity index (χ3n) is 5.20. The quantitative estimate of drug-likeness (QED) is 0.343. The molecule has 0 spiro atoms. The molecule has 2 aromatic carbocycles. The van der Waals surface area contributed by atoms with Crippen LogP contribution in [0.3, 0.4) is 0 Å². The molecule has 0 unspecified atom stereocenters. The number of carbonyl (C=O) groups is 1. The Labute approximate surface area is 196 Å². The summed E-state index contributed by atoms with van der Waals surface area (Å²) in [4.78, 5) is 20.7. The van der Waals surface area contributed by atoms with Gasteiger partial charge < -0.3 is 15.0 Å². The van der Waals surface area contributed by atoms with Crippen LogP contribution in [-0.4, -0.2) is 36.1 Å². The lowest BCUT2D eigenvalue weighted by molar-refractivity contribution is 0.0531. The fraction of sp³-hybridized carbons (Fsp3) is 0.250. The standard InChI is InChI=1S/C24H25ClN4O2S/c1-5-31-23(30)21-15(2)29-22(26-14-16-6-10-18(25)11-7-16)20(27-24(29)32-21)17-8-12-19(13-9-17)28(3)4/h6-13,26H,5,14H2,1-4H3. The number of thiazole rings is 1. The second-order valence-electron chi connectivity index (χ2n) is 7.59. The van der Waals surface area contributed by atoms with Crippen LogP contribution in [0, 0.1) is 6.92 Å². The molecule has 4 rings (SSSR count). The predicted molar refractivity (Wildman–Crippen MR) is 132 cm³/mol. The normalized spacial score (nSPS) is 11.0. The highest BCUT2D eigenvalue weighted by Crippen LogP contribution is 2.35. The van der Waals surface area contributed by atoms with Gasteiger partial charge in [-0.15, -0.1) is 0 Å². The van der Waals surface area contributed by atoms with Gasteiger partial charge in [-0.2, -0.15) is 0 Å². The fourth-order valence-corrected chi connectivity index (χ4v) is 4.65. The van der Waals surface area contributed by atoms with Crippen molar-refractivity contribution in [3.05, 3.63) is 69.7 Å². The van der Waals surface area contributed by atoms with Gasteiger partial charge in [0.2, 0.25) is 0 Å². The molecule has 0 bridgehead atoms. The van der Waals surface area contributed by atoms with Crippen molar-refractivity contribution in [2.75, 3.05) is 30.9 Å². The van der Waals surface area contributed by atoms with E-state index >= 15 is 0 Å². The van der Waals surface area contributed by atoms with Crippen molar-refractivity contribution in [2.45, 2.75) is 20.4 Å². The first-order valence-corrected chi connectivity index (χ1v) is 11.5. The Morgan fingerprint density at radius 1 is 1.16 bits per heavy atom. The summed E-state index contributed by atoms with van der Waals surface area (Å²) in [5.74, 6) is 0.526. The molecule has 6 nitrogen and oxygen atoms in total. The topological polar surface area (TPSA) is 58.9 Å². The van der Waals surface area contributed by atoms with Gasteiger partial charge in [-0.3, -0.25) is 4.40 Å². The highest BCUT2D eigenvalue weighted by Gasteiger charge is 2.23. The number of ether oxygens (including phenoxy) is 1. The van der Waals surface area contributed by atoms with Crippen LogP contribution < -0.4 is 10.2 Å². The zero-order valence-electron chi connectivity index (χ0n) is 18.5. The molecule has 2 heterocycles. The molecular formula is C24H25ClN4O2S. The molecule has 0 aliphatic heterocycles. The van der Waals surface area contributed by atoms with Crippen molar-refractivity contribution in [3.8, 4) is 11.3 Å². The largest absolute Gasteiger partial charge is 0.462 e. The third kappa shape index (κ3) is 4.31. The lowest BCUT2D eigenvalue weighted by Gasteiger charge is -2.13. The van der Waals surface area contributed by atoms with E-state index < -0.39 is 0 Å². The summed E-state index contributed by atoms with van der Waals surface area (Å²) in [7, 11) is 4.03. The number of anilines is 2. The van der Waals surface area contributed by atoms with Gasteiger partial charge in [-0.25, -0.2) is 9.78 Å². The maximum absolute atomic E-state index is 12.4. The van der Waals surface area contributed by atoms with E-state index in [4.69, 9.17) is 21.3 Å². The molecule has 0 saturated carbocycles. The van der Waals surface area contributed by atoms with Crippen LogP contribution in [-0.2, 0) is 11.3 Å². The highest BCUT2D eigenvalue weighted by atomic mass is 35.5. The number of fused-ring (bicyclic) bond motifs is 1. The molecule has 4 aromatic rings. The number of nitrogens with zero attached hydrogens (tertiary/aromatic N) is 3. The van der Waals surface area contributed by atoms with Gasteiger partial charge in [-0.1, -0.05) is 47.2 Å². The first-order chi connectivity index (χ1) is 15.4.